The monoisotopic (exact) mass is 291 g/mol. The Labute approximate surface area is 128 Å². The molecular weight excluding hydrogens is 262 g/mol. The number of nitrogens with one attached hydrogen (secondary N) is 1. The van der Waals surface area contributed by atoms with E-state index in [4.69, 9.17) is 0 Å². The fourth-order valence-corrected chi connectivity index (χ4v) is 4.03. The van der Waals surface area contributed by atoms with Crippen LogP contribution in [-0.4, -0.2) is 12.3 Å². The van der Waals surface area contributed by atoms with Crippen molar-refractivity contribution in [2.45, 2.75) is 57.9 Å². The Balaban J connectivity index is 1.81. The molecule has 1 saturated carbocycles. The number of benzene rings is 1. The maximum absolute atomic E-state index is 3.53. The molecule has 1 aliphatic rings. The van der Waals surface area contributed by atoms with Crippen LogP contribution in [0.2, 0.25) is 0 Å². The molecule has 0 amide bonds. The second-order valence-electron chi connectivity index (χ2n) is 6.57. The maximum atomic E-state index is 3.53. The Morgan fingerprint density at radius 3 is 2.65 bits per heavy atom. The Bertz CT molecular complexity index is 408. The summed E-state index contributed by atoms with van der Waals surface area (Å²) in [6.45, 7) is 8.84. The molecule has 0 atom stereocenters. The van der Waals surface area contributed by atoms with E-state index in [1.165, 1.54) is 47.5 Å². The zero-order chi connectivity index (χ0) is 14.4. The summed E-state index contributed by atoms with van der Waals surface area (Å²) in [5, 5.41) is 3.53. The van der Waals surface area contributed by atoms with E-state index >= 15 is 0 Å². The van der Waals surface area contributed by atoms with Crippen molar-refractivity contribution in [2.24, 2.45) is 11.8 Å². The molecule has 1 N–H and O–H groups in total. The zero-order valence-electron chi connectivity index (χ0n) is 13.2. The lowest BCUT2D eigenvalue weighted by Gasteiger charge is -2.12. The van der Waals surface area contributed by atoms with Crippen LogP contribution in [0, 0.1) is 18.8 Å². The molecule has 0 bridgehead atoms. The van der Waals surface area contributed by atoms with Crippen LogP contribution in [0.3, 0.4) is 0 Å². The average Bonchev–Trinajstić information content (AvgIpc) is 2.91. The van der Waals surface area contributed by atoms with Gasteiger partial charge in [0.05, 0.1) is 0 Å². The Kier molecular flexibility index (Phi) is 6.44. The Hall–Kier alpha value is -0.470. The van der Waals surface area contributed by atoms with Crippen molar-refractivity contribution in [1.29, 1.82) is 0 Å². The van der Waals surface area contributed by atoms with Crippen molar-refractivity contribution in [3.8, 4) is 0 Å². The van der Waals surface area contributed by atoms with E-state index in [1.807, 2.05) is 11.8 Å². The predicted octanol–water partition coefficient (Wildman–Crippen LogP) is 5.02. The van der Waals surface area contributed by atoms with Gasteiger partial charge in [0.1, 0.15) is 0 Å². The van der Waals surface area contributed by atoms with Gasteiger partial charge in [0.15, 0.2) is 0 Å². The Morgan fingerprint density at radius 1 is 1.25 bits per heavy atom. The number of aryl methyl sites for hydroxylation is 1. The first-order valence-electron chi connectivity index (χ1n) is 8.08. The highest BCUT2D eigenvalue weighted by atomic mass is 32.2. The molecule has 0 radical (unpaired) electrons. The molecule has 1 aromatic rings. The highest BCUT2D eigenvalue weighted by molar-refractivity contribution is 7.99. The van der Waals surface area contributed by atoms with Crippen molar-refractivity contribution >= 4 is 11.8 Å². The van der Waals surface area contributed by atoms with Crippen molar-refractivity contribution in [3.05, 3.63) is 29.3 Å². The fraction of sp³-hybridized carbons (Fsp3) is 0.667. The maximum Gasteiger partial charge on any atom is 0.0208 e. The third kappa shape index (κ3) is 5.14. The molecule has 0 spiro atoms. The van der Waals surface area contributed by atoms with E-state index in [1.54, 1.807) is 0 Å². The molecule has 1 nitrogen and oxygen atoms in total. The second-order valence-corrected chi connectivity index (χ2v) is 7.67. The molecule has 112 valence electrons. The summed E-state index contributed by atoms with van der Waals surface area (Å²) in [6.07, 6.45) is 5.79. The molecule has 1 aromatic carbocycles. The zero-order valence-corrected chi connectivity index (χ0v) is 14.1. The van der Waals surface area contributed by atoms with Crippen molar-refractivity contribution in [1.82, 2.24) is 5.32 Å². The number of hydrogen-bond donors (Lipinski definition) is 1. The van der Waals surface area contributed by atoms with Gasteiger partial charge in [-0.15, -0.1) is 11.8 Å². The average molecular weight is 292 g/mol. The van der Waals surface area contributed by atoms with Crippen molar-refractivity contribution in [3.63, 3.8) is 0 Å². The van der Waals surface area contributed by atoms with E-state index in [2.05, 4.69) is 44.3 Å². The molecule has 0 heterocycles. The van der Waals surface area contributed by atoms with Gasteiger partial charge < -0.3 is 5.32 Å². The minimum atomic E-state index is 0.719. The van der Waals surface area contributed by atoms with Crippen LogP contribution in [-0.2, 0) is 6.54 Å². The molecule has 2 rings (SSSR count). The lowest BCUT2D eigenvalue weighted by Crippen LogP contribution is -2.19. The molecule has 0 saturated heterocycles. The molecule has 20 heavy (non-hydrogen) atoms. The summed E-state index contributed by atoms with van der Waals surface area (Å²) in [5.41, 5.74) is 2.87. The van der Waals surface area contributed by atoms with Gasteiger partial charge in [-0.1, -0.05) is 32.8 Å². The molecule has 0 aliphatic heterocycles. The van der Waals surface area contributed by atoms with Gasteiger partial charge in [0.25, 0.3) is 0 Å². The summed E-state index contributed by atoms with van der Waals surface area (Å²) < 4.78 is 0. The summed E-state index contributed by atoms with van der Waals surface area (Å²) >= 11 is 2.05. The third-order valence-corrected chi connectivity index (χ3v) is 5.37. The van der Waals surface area contributed by atoms with Gasteiger partial charge in [-0.3, -0.25) is 0 Å². The van der Waals surface area contributed by atoms with E-state index < -0.39 is 0 Å². The van der Waals surface area contributed by atoms with Crippen LogP contribution in [0.4, 0.5) is 0 Å². The number of hydrogen-bond acceptors (Lipinski definition) is 2. The van der Waals surface area contributed by atoms with Gasteiger partial charge in [-0.2, -0.15) is 0 Å². The van der Waals surface area contributed by atoms with Crippen molar-refractivity contribution in [2.75, 3.05) is 12.3 Å². The predicted molar refractivity (Wildman–Crippen MR) is 90.4 cm³/mol. The minimum absolute atomic E-state index is 0.719. The van der Waals surface area contributed by atoms with Gasteiger partial charge in [-0.25, -0.2) is 0 Å². The molecular formula is C18H29NS. The quantitative estimate of drug-likeness (QED) is 0.708. The van der Waals surface area contributed by atoms with Gasteiger partial charge >= 0.3 is 0 Å². The van der Waals surface area contributed by atoms with E-state index in [0.717, 1.165) is 24.9 Å². The number of rotatable bonds is 7. The van der Waals surface area contributed by atoms with Gasteiger partial charge in [0, 0.05) is 17.2 Å². The second kappa shape index (κ2) is 8.09. The fourth-order valence-electron chi connectivity index (χ4n) is 2.84. The van der Waals surface area contributed by atoms with Crippen molar-refractivity contribution < 1.29 is 0 Å². The molecule has 2 heteroatoms. The molecule has 1 aliphatic carbocycles. The molecule has 1 fully saturated rings. The van der Waals surface area contributed by atoms with Crippen LogP contribution in [0.15, 0.2) is 23.1 Å². The summed E-state index contributed by atoms with van der Waals surface area (Å²) in [6, 6.07) is 6.98. The SMILES string of the molecule is Cc1cc(SCC2CCCC2)ccc1CNCC(C)C. The van der Waals surface area contributed by atoms with E-state index in [9.17, 15) is 0 Å². The normalized spacial score (nSPS) is 16.2. The van der Waals surface area contributed by atoms with E-state index in [-0.39, 0.29) is 0 Å². The van der Waals surface area contributed by atoms with Crippen LogP contribution in [0.5, 0.6) is 0 Å². The highest BCUT2D eigenvalue weighted by Crippen LogP contribution is 2.31. The largest absolute Gasteiger partial charge is 0.312 e. The number of thioether (sulfide) groups is 1. The van der Waals surface area contributed by atoms with Crippen LogP contribution in [0.25, 0.3) is 0 Å². The summed E-state index contributed by atoms with van der Waals surface area (Å²) in [5.74, 6) is 2.99. The summed E-state index contributed by atoms with van der Waals surface area (Å²) in [7, 11) is 0. The summed E-state index contributed by atoms with van der Waals surface area (Å²) in [4.78, 5) is 1.45. The first-order valence-corrected chi connectivity index (χ1v) is 9.06. The minimum Gasteiger partial charge on any atom is -0.312 e. The lowest BCUT2D eigenvalue weighted by atomic mass is 10.1. The highest BCUT2D eigenvalue weighted by Gasteiger charge is 2.15. The first kappa shape index (κ1) is 15.9. The van der Waals surface area contributed by atoms with Crippen LogP contribution >= 0.6 is 11.8 Å². The first-order chi connectivity index (χ1) is 9.65. The van der Waals surface area contributed by atoms with Gasteiger partial charge in [-0.05, 0) is 61.4 Å². The standard InChI is InChI=1S/C18H29NS/c1-14(2)11-19-12-17-8-9-18(10-15(17)3)20-13-16-6-4-5-7-16/h8-10,14,16,19H,4-7,11-13H2,1-3H3. The van der Waals surface area contributed by atoms with Gasteiger partial charge in [0.2, 0.25) is 0 Å². The molecule has 0 unspecified atom stereocenters. The van der Waals surface area contributed by atoms with Crippen LogP contribution in [0.1, 0.15) is 50.7 Å². The van der Waals surface area contributed by atoms with E-state index in [0.29, 0.717) is 0 Å². The molecule has 0 aromatic heterocycles. The lowest BCUT2D eigenvalue weighted by molar-refractivity contribution is 0.551. The topological polar surface area (TPSA) is 12.0 Å². The smallest absolute Gasteiger partial charge is 0.0208 e. The third-order valence-electron chi connectivity index (χ3n) is 4.14. The Morgan fingerprint density at radius 2 is 2.00 bits per heavy atom. The van der Waals surface area contributed by atoms with Crippen LogP contribution < -0.4 is 5.32 Å².